The molecule has 0 spiro atoms. The lowest BCUT2D eigenvalue weighted by Crippen LogP contribution is -2.45. The van der Waals surface area contributed by atoms with Crippen LogP contribution in [0.4, 0.5) is 0 Å². The Morgan fingerprint density at radius 2 is 1.88 bits per heavy atom. The van der Waals surface area contributed by atoms with Gasteiger partial charge in [-0.05, 0) is 30.7 Å². The first-order valence-corrected chi connectivity index (χ1v) is 7.72. The van der Waals surface area contributed by atoms with E-state index in [1.54, 1.807) is 24.3 Å². The lowest BCUT2D eigenvalue weighted by molar-refractivity contribution is 0.143. The van der Waals surface area contributed by atoms with Gasteiger partial charge < -0.3 is 10.4 Å². The Balaban J connectivity index is 2.26. The lowest BCUT2D eigenvalue weighted by atomic mass is 10.1. The number of rotatable bonds is 2. The van der Waals surface area contributed by atoms with E-state index in [1.165, 1.54) is 0 Å². The highest BCUT2D eigenvalue weighted by Crippen LogP contribution is 2.22. The molecule has 4 nitrogen and oxygen atoms in total. The number of piperidine rings is 1. The summed E-state index contributed by atoms with van der Waals surface area (Å²) in [6, 6.07) is 6.58. The summed E-state index contributed by atoms with van der Waals surface area (Å²) in [6.07, 6.45) is -0.287. The minimum atomic E-state index is -3.36. The first kappa shape index (κ1) is 13.0. The van der Waals surface area contributed by atoms with Crippen molar-refractivity contribution < 1.29 is 13.5 Å². The van der Waals surface area contributed by atoms with Crippen LogP contribution in [-0.2, 0) is 9.84 Å². The Bertz CT molecular complexity index is 486. The van der Waals surface area contributed by atoms with Crippen molar-refractivity contribution in [3.8, 4) is 0 Å². The second-order valence-corrected chi connectivity index (χ2v) is 7.31. The molecule has 1 aliphatic rings. The summed E-state index contributed by atoms with van der Waals surface area (Å²) in [5.74, 6) is 0. The van der Waals surface area contributed by atoms with Gasteiger partial charge in [-0.3, -0.25) is 0 Å². The van der Waals surface area contributed by atoms with Gasteiger partial charge in [-0.1, -0.05) is 15.9 Å². The van der Waals surface area contributed by atoms with Gasteiger partial charge in [0.1, 0.15) is 0 Å². The van der Waals surface area contributed by atoms with Crippen LogP contribution in [-0.4, -0.2) is 38.0 Å². The van der Waals surface area contributed by atoms with Crippen LogP contribution in [0.3, 0.4) is 0 Å². The van der Waals surface area contributed by atoms with Crippen LogP contribution in [0, 0.1) is 0 Å². The number of nitrogens with one attached hydrogen (secondary N) is 1. The molecule has 0 aromatic heterocycles. The van der Waals surface area contributed by atoms with Gasteiger partial charge in [0.15, 0.2) is 9.84 Å². The summed E-state index contributed by atoms with van der Waals surface area (Å²) in [7, 11) is -3.36. The van der Waals surface area contributed by atoms with Gasteiger partial charge in [-0.25, -0.2) is 8.42 Å². The van der Waals surface area contributed by atoms with Crippen LogP contribution in [0.25, 0.3) is 0 Å². The number of hydrogen-bond donors (Lipinski definition) is 2. The van der Waals surface area contributed by atoms with E-state index in [1.807, 2.05) is 0 Å². The Hall–Kier alpha value is -0.430. The minimum Gasteiger partial charge on any atom is -0.392 e. The maximum atomic E-state index is 12.3. The van der Waals surface area contributed by atoms with Crippen molar-refractivity contribution in [2.45, 2.75) is 22.7 Å². The van der Waals surface area contributed by atoms with Gasteiger partial charge in [0, 0.05) is 17.6 Å². The molecule has 1 heterocycles. The average Bonchev–Trinajstić information content (AvgIpc) is 2.29. The van der Waals surface area contributed by atoms with Crippen molar-refractivity contribution in [1.29, 1.82) is 0 Å². The fourth-order valence-corrected chi connectivity index (χ4v) is 3.91. The van der Waals surface area contributed by atoms with E-state index < -0.39 is 21.2 Å². The molecule has 2 atom stereocenters. The fourth-order valence-electron chi connectivity index (χ4n) is 1.93. The maximum absolute atomic E-state index is 12.3. The summed E-state index contributed by atoms with van der Waals surface area (Å²) in [5, 5.41) is 11.9. The van der Waals surface area contributed by atoms with Gasteiger partial charge in [0.05, 0.1) is 16.2 Å². The zero-order valence-corrected chi connectivity index (χ0v) is 11.5. The molecule has 0 radical (unpaired) electrons. The van der Waals surface area contributed by atoms with Crippen LogP contribution >= 0.6 is 15.9 Å². The summed E-state index contributed by atoms with van der Waals surface area (Å²) >= 11 is 3.27. The Morgan fingerprint density at radius 1 is 1.24 bits per heavy atom. The normalized spacial score (nSPS) is 25.8. The van der Waals surface area contributed by atoms with Crippen molar-refractivity contribution in [2.75, 3.05) is 13.1 Å². The van der Waals surface area contributed by atoms with Gasteiger partial charge in [0.25, 0.3) is 0 Å². The molecule has 1 saturated heterocycles. The van der Waals surface area contributed by atoms with Crippen molar-refractivity contribution in [3.63, 3.8) is 0 Å². The molecule has 0 aliphatic carbocycles. The largest absolute Gasteiger partial charge is 0.392 e. The van der Waals surface area contributed by atoms with Crippen LogP contribution < -0.4 is 5.32 Å². The number of hydrogen-bond acceptors (Lipinski definition) is 4. The third kappa shape index (κ3) is 2.88. The van der Waals surface area contributed by atoms with E-state index in [0.29, 0.717) is 24.4 Å². The Kier molecular flexibility index (Phi) is 3.87. The zero-order valence-electron chi connectivity index (χ0n) is 9.14. The van der Waals surface area contributed by atoms with E-state index in [4.69, 9.17) is 0 Å². The number of sulfone groups is 1. The predicted molar refractivity (Wildman–Crippen MR) is 68.6 cm³/mol. The van der Waals surface area contributed by atoms with E-state index in [9.17, 15) is 13.5 Å². The second-order valence-electron chi connectivity index (χ2n) is 4.17. The molecule has 0 saturated carbocycles. The van der Waals surface area contributed by atoms with Crippen LogP contribution in [0.5, 0.6) is 0 Å². The molecular weight excluding hydrogens is 306 g/mol. The Labute approximate surface area is 109 Å². The van der Waals surface area contributed by atoms with E-state index in [-0.39, 0.29) is 0 Å². The molecule has 2 rings (SSSR count). The standard InChI is InChI=1S/C11H14BrNO3S/c12-8-1-3-10(4-2-8)17(15,16)11-5-9(14)6-13-7-11/h1-4,9,11,13-14H,5-7H2. The van der Waals surface area contributed by atoms with Gasteiger partial charge in [-0.2, -0.15) is 0 Å². The second kappa shape index (κ2) is 5.06. The monoisotopic (exact) mass is 319 g/mol. The number of β-amino-alcohol motifs (C(OH)–C–C–N with tert-alkyl or cyclic N) is 1. The third-order valence-electron chi connectivity index (χ3n) is 2.87. The number of aliphatic hydroxyl groups is 1. The van der Waals surface area contributed by atoms with Crippen LogP contribution in [0.15, 0.2) is 33.6 Å². The van der Waals surface area contributed by atoms with Gasteiger partial charge >= 0.3 is 0 Å². The molecular formula is C11H14BrNO3S. The molecule has 1 aliphatic heterocycles. The van der Waals surface area contributed by atoms with Gasteiger partial charge in [0.2, 0.25) is 0 Å². The first-order chi connectivity index (χ1) is 8.00. The fraction of sp³-hybridized carbons (Fsp3) is 0.455. The van der Waals surface area contributed by atoms with Crippen molar-refractivity contribution >= 4 is 25.8 Å². The maximum Gasteiger partial charge on any atom is 0.182 e. The lowest BCUT2D eigenvalue weighted by Gasteiger charge is -2.26. The van der Waals surface area contributed by atoms with Crippen molar-refractivity contribution in [2.24, 2.45) is 0 Å². The average molecular weight is 320 g/mol. The molecule has 1 fully saturated rings. The molecule has 2 unspecified atom stereocenters. The third-order valence-corrected chi connectivity index (χ3v) is 5.56. The number of benzene rings is 1. The molecule has 1 aromatic rings. The SMILES string of the molecule is O=S(=O)(c1ccc(Br)cc1)C1CNCC(O)C1. The molecule has 0 amide bonds. The Morgan fingerprint density at radius 3 is 2.47 bits per heavy atom. The van der Waals surface area contributed by atoms with Gasteiger partial charge in [-0.15, -0.1) is 0 Å². The van der Waals surface area contributed by atoms with E-state index >= 15 is 0 Å². The highest BCUT2D eigenvalue weighted by Gasteiger charge is 2.32. The zero-order chi connectivity index (χ0) is 12.5. The molecule has 6 heteroatoms. The highest BCUT2D eigenvalue weighted by atomic mass is 79.9. The molecule has 1 aromatic carbocycles. The minimum absolute atomic E-state index is 0.297. The van der Waals surface area contributed by atoms with Crippen LogP contribution in [0.2, 0.25) is 0 Å². The quantitative estimate of drug-likeness (QED) is 0.851. The topological polar surface area (TPSA) is 66.4 Å². The summed E-state index contributed by atoms with van der Waals surface area (Å²) in [4.78, 5) is 0.307. The highest BCUT2D eigenvalue weighted by molar-refractivity contribution is 9.10. The van der Waals surface area contributed by atoms with Crippen LogP contribution in [0.1, 0.15) is 6.42 Å². The van der Waals surface area contributed by atoms with Crippen molar-refractivity contribution in [3.05, 3.63) is 28.7 Å². The molecule has 2 N–H and O–H groups in total. The summed E-state index contributed by atoms with van der Waals surface area (Å²) < 4.78 is 25.4. The number of halogens is 1. The molecule has 94 valence electrons. The summed E-state index contributed by atoms with van der Waals surface area (Å²) in [5.41, 5.74) is 0. The van der Waals surface area contributed by atoms with E-state index in [0.717, 1.165) is 4.47 Å². The molecule has 17 heavy (non-hydrogen) atoms. The smallest absolute Gasteiger partial charge is 0.182 e. The van der Waals surface area contributed by atoms with Crippen molar-refractivity contribution in [1.82, 2.24) is 5.32 Å². The summed E-state index contributed by atoms with van der Waals surface area (Å²) in [6.45, 7) is 0.863. The van der Waals surface area contributed by atoms with E-state index in [2.05, 4.69) is 21.2 Å². The predicted octanol–water partition coefficient (Wildman–Crippen LogP) is 0.946. The first-order valence-electron chi connectivity index (χ1n) is 5.38. The number of aliphatic hydroxyl groups excluding tert-OH is 1. The molecule has 0 bridgehead atoms.